The van der Waals surface area contributed by atoms with Crippen molar-refractivity contribution in [3.63, 3.8) is 0 Å². The molecule has 2 N–H and O–H groups in total. The van der Waals surface area contributed by atoms with Gasteiger partial charge >= 0.3 is 0 Å². The van der Waals surface area contributed by atoms with Crippen LogP contribution in [0.2, 0.25) is 0 Å². The van der Waals surface area contributed by atoms with Crippen LogP contribution in [0.5, 0.6) is 17.2 Å². The third-order valence-corrected chi connectivity index (χ3v) is 4.20. The number of amides is 1. The number of hydrogen-bond donors (Lipinski definition) is 1. The first-order chi connectivity index (χ1) is 12.5. The summed E-state index contributed by atoms with van der Waals surface area (Å²) < 4.78 is 10.9. The molecule has 2 aromatic rings. The fourth-order valence-corrected chi connectivity index (χ4v) is 2.80. The summed E-state index contributed by atoms with van der Waals surface area (Å²) >= 11 is 0. The van der Waals surface area contributed by atoms with Gasteiger partial charge in [-0.2, -0.15) is 0 Å². The number of nitro groups is 1. The van der Waals surface area contributed by atoms with Crippen molar-refractivity contribution in [2.45, 2.75) is 12.5 Å². The Morgan fingerprint density at radius 2 is 1.89 bits per heavy atom. The van der Waals surface area contributed by atoms with Gasteiger partial charge in [0, 0.05) is 31.3 Å². The molecule has 0 spiro atoms. The Kier molecular flexibility index (Phi) is 6.59. The average Bonchev–Trinajstić information content (AvgIpc) is 3.08. The Labute approximate surface area is 162 Å². The summed E-state index contributed by atoms with van der Waals surface area (Å²) in [6.07, 6.45) is 0.704. The number of hydrogen-bond acceptors (Lipinski definition) is 6. The van der Waals surface area contributed by atoms with Gasteiger partial charge in [0.25, 0.3) is 11.6 Å². The lowest BCUT2D eigenvalue weighted by molar-refractivity contribution is -0.384. The minimum Gasteiger partial charge on any atom is -0.497 e. The Hall–Kier alpha value is -2.84. The number of nitro benzene ring substituents is 1. The molecule has 0 unspecified atom stereocenters. The molecule has 1 amide bonds. The number of carbonyl (C=O) groups excluding carboxylic acids is 1. The smallest absolute Gasteiger partial charge is 0.270 e. The lowest BCUT2D eigenvalue weighted by atomic mass is 10.1. The molecule has 1 heterocycles. The van der Waals surface area contributed by atoms with E-state index in [0.29, 0.717) is 31.0 Å². The molecule has 3 rings (SSSR count). The monoisotopic (exact) mass is 393 g/mol. The number of likely N-dealkylation sites (tertiary alicyclic amines) is 1. The zero-order valence-electron chi connectivity index (χ0n) is 14.7. The second-order valence-electron chi connectivity index (χ2n) is 6.02. The van der Waals surface area contributed by atoms with Crippen LogP contribution in [0.4, 0.5) is 5.69 Å². The SMILES string of the molecule is COc1ccc(Oc2ccc([N+](=O)[O-])cc2C(=O)N2CC[C@@H](N)C2)cc1.Cl. The van der Waals surface area contributed by atoms with Crippen molar-refractivity contribution in [3.8, 4) is 17.2 Å². The third kappa shape index (κ3) is 4.66. The molecule has 0 aliphatic carbocycles. The van der Waals surface area contributed by atoms with E-state index in [-0.39, 0.29) is 41.4 Å². The van der Waals surface area contributed by atoms with Crippen molar-refractivity contribution in [2.24, 2.45) is 5.73 Å². The first kappa shape index (κ1) is 20.5. The van der Waals surface area contributed by atoms with Crippen LogP contribution in [-0.4, -0.2) is 42.0 Å². The van der Waals surface area contributed by atoms with Gasteiger partial charge in [0.15, 0.2) is 0 Å². The number of benzene rings is 2. The van der Waals surface area contributed by atoms with Crippen LogP contribution in [0.15, 0.2) is 42.5 Å². The summed E-state index contributed by atoms with van der Waals surface area (Å²) in [6.45, 7) is 0.939. The van der Waals surface area contributed by atoms with Gasteiger partial charge in [-0.3, -0.25) is 14.9 Å². The molecule has 0 radical (unpaired) electrons. The molecular weight excluding hydrogens is 374 g/mol. The Balaban J connectivity index is 0.00000261. The van der Waals surface area contributed by atoms with E-state index in [4.69, 9.17) is 15.2 Å². The van der Waals surface area contributed by atoms with Crippen LogP contribution in [0.1, 0.15) is 16.8 Å². The van der Waals surface area contributed by atoms with E-state index in [0.717, 1.165) is 0 Å². The van der Waals surface area contributed by atoms with Crippen LogP contribution in [0.3, 0.4) is 0 Å². The molecule has 1 saturated heterocycles. The fourth-order valence-electron chi connectivity index (χ4n) is 2.80. The normalized spacial score (nSPS) is 15.8. The molecular formula is C18H20ClN3O5. The maximum absolute atomic E-state index is 12.8. The number of non-ortho nitro benzene ring substituents is 1. The summed E-state index contributed by atoms with van der Waals surface area (Å²) in [7, 11) is 1.56. The lowest BCUT2D eigenvalue weighted by Gasteiger charge is -2.18. The Morgan fingerprint density at radius 3 is 2.44 bits per heavy atom. The van der Waals surface area contributed by atoms with E-state index in [1.54, 1.807) is 36.3 Å². The molecule has 0 saturated carbocycles. The molecule has 1 aliphatic heterocycles. The van der Waals surface area contributed by atoms with E-state index in [9.17, 15) is 14.9 Å². The predicted molar refractivity (Wildman–Crippen MR) is 102 cm³/mol. The van der Waals surface area contributed by atoms with Crippen molar-refractivity contribution < 1.29 is 19.2 Å². The molecule has 1 atom stereocenters. The Morgan fingerprint density at radius 1 is 1.22 bits per heavy atom. The average molecular weight is 394 g/mol. The van der Waals surface area contributed by atoms with Crippen molar-refractivity contribution in [3.05, 3.63) is 58.1 Å². The van der Waals surface area contributed by atoms with Crippen molar-refractivity contribution in [1.82, 2.24) is 4.90 Å². The van der Waals surface area contributed by atoms with Crippen LogP contribution in [-0.2, 0) is 0 Å². The highest BCUT2D eigenvalue weighted by molar-refractivity contribution is 5.98. The van der Waals surface area contributed by atoms with Crippen LogP contribution >= 0.6 is 12.4 Å². The van der Waals surface area contributed by atoms with E-state index >= 15 is 0 Å². The number of nitrogens with two attached hydrogens (primary N) is 1. The van der Waals surface area contributed by atoms with Gasteiger partial charge in [-0.25, -0.2) is 0 Å². The summed E-state index contributed by atoms with van der Waals surface area (Å²) in [5.74, 6) is 1.09. The Bertz CT molecular complexity index is 828. The van der Waals surface area contributed by atoms with Crippen LogP contribution in [0, 0.1) is 10.1 Å². The summed E-state index contributed by atoms with van der Waals surface area (Å²) in [5, 5.41) is 11.1. The maximum Gasteiger partial charge on any atom is 0.270 e. The number of methoxy groups -OCH3 is 1. The van der Waals surface area contributed by atoms with E-state index < -0.39 is 4.92 Å². The van der Waals surface area contributed by atoms with Gasteiger partial charge in [-0.15, -0.1) is 12.4 Å². The molecule has 1 fully saturated rings. The topological polar surface area (TPSA) is 108 Å². The zero-order chi connectivity index (χ0) is 18.7. The quantitative estimate of drug-likeness (QED) is 0.618. The van der Waals surface area contributed by atoms with E-state index in [2.05, 4.69) is 0 Å². The number of rotatable bonds is 5. The highest BCUT2D eigenvalue weighted by atomic mass is 35.5. The largest absolute Gasteiger partial charge is 0.497 e. The van der Waals surface area contributed by atoms with Gasteiger partial charge < -0.3 is 20.1 Å². The molecule has 27 heavy (non-hydrogen) atoms. The number of carbonyl (C=O) groups is 1. The van der Waals surface area contributed by atoms with Crippen LogP contribution in [0.25, 0.3) is 0 Å². The van der Waals surface area contributed by atoms with Crippen molar-refractivity contribution in [1.29, 1.82) is 0 Å². The lowest BCUT2D eigenvalue weighted by Crippen LogP contribution is -2.32. The first-order valence-corrected chi connectivity index (χ1v) is 8.13. The predicted octanol–water partition coefficient (Wildman–Crippen LogP) is 2.99. The summed E-state index contributed by atoms with van der Waals surface area (Å²) in [6, 6.07) is 10.7. The van der Waals surface area contributed by atoms with Gasteiger partial charge in [0.2, 0.25) is 0 Å². The van der Waals surface area contributed by atoms with Crippen LogP contribution < -0.4 is 15.2 Å². The number of nitrogens with zero attached hydrogens (tertiary/aromatic N) is 2. The highest BCUT2D eigenvalue weighted by Gasteiger charge is 2.28. The molecule has 0 aromatic heterocycles. The van der Waals surface area contributed by atoms with E-state index in [1.165, 1.54) is 18.2 Å². The summed E-state index contributed by atoms with van der Waals surface area (Å²) in [4.78, 5) is 25.0. The number of ether oxygens (including phenoxy) is 2. The third-order valence-electron chi connectivity index (χ3n) is 4.20. The minimum atomic E-state index is -0.538. The van der Waals surface area contributed by atoms with Gasteiger partial charge in [-0.1, -0.05) is 0 Å². The highest BCUT2D eigenvalue weighted by Crippen LogP contribution is 2.31. The van der Waals surface area contributed by atoms with Crippen molar-refractivity contribution in [2.75, 3.05) is 20.2 Å². The zero-order valence-corrected chi connectivity index (χ0v) is 15.5. The second kappa shape index (κ2) is 8.70. The van der Waals surface area contributed by atoms with Gasteiger partial charge in [0.1, 0.15) is 17.2 Å². The second-order valence-corrected chi connectivity index (χ2v) is 6.02. The van der Waals surface area contributed by atoms with E-state index in [1.807, 2.05) is 0 Å². The number of halogens is 1. The minimum absolute atomic E-state index is 0. The molecule has 0 bridgehead atoms. The van der Waals surface area contributed by atoms with Gasteiger partial charge in [0.05, 0.1) is 17.6 Å². The standard InChI is InChI=1S/C18H19N3O5.ClH/c1-25-14-3-5-15(6-4-14)26-17-7-2-13(21(23)24)10-16(17)18(22)20-9-8-12(19)11-20;/h2-7,10,12H,8-9,11,19H2,1H3;1H/t12-;/m1./s1. The van der Waals surface area contributed by atoms with Gasteiger partial charge in [-0.05, 0) is 36.8 Å². The fraction of sp³-hybridized carbons (Fsp3) is 0.278. The maximum atomic E-state index is 12.8. The molecule has 9 heteroatoms. The molecule has 1 aliphatic rings. The summed E-state index contributed by atoms with van der Waals surface area (Å²) in [5.41, 5.74) is 5.84. The molecule has 144 valence electrons. The molecule has 8 nitrogen and oxygen atoms in total. The van der Waals surface area contributed by atoms with Crippen molar-refractivity contribution >= 4 is 24.0 Å². The first-order valence-electron chi connectivity index (χ1n) is 8.13. The molecule has 2 aromatic carbocycles.